The molecule has 1 aromatic carbocycles. The van der Waals surface area contributed by atoms with Crippen molar-refractivity contribution in [3.05, 3.63) is 35.4 Å². The SMILES string of the molecule is CCN1CCCN(C(=O)c2cccc(C#CC(C)(C)O)c2)CC1. The number of carbonyl (C=O) groups is 1. The normalized spacial score (nSPS) is 16.4. The predicted molar refractivity (Wildman–Crippen MR) is 92.3 cm³/mol. The minimum absolute atomic E-state index is 0.0647. The Bertz CT molecular complexity index is 608. The number of hydrogen-bond acceptors (Lipinski definition) is 3. The molecule has 1 aliphatic heterocycles. The van der Waals surface area contributed by atoms with Gasteiger partial charge in [-0.3, -0.25) is 4.79 Å². The first kappa shape index (κ1) is 17.5. The average molecular weight is 314 g/mol. The molecule has 23 heavy (non-hydrogen) atoms. The summed E-state index contributed by atoms with van der Waals surface area (Å²) in [6.07, 6.45) is 1.01. The first-order chi connectivity index (χ1) is 10.9. The third-order valence-electron chi connectivity index (χ3n) is 3.95. The summed E-state index contributed by atoms with van der Waals surface area (Å²) in [4.78, 5) is 17.0. The lowest BCUT2D eigenvalue weighted by Crippen LogP contribution is -2.35. The monoisotopic (exact) mass is 314 g/mol. The second-order valence-corrected chi connectivity index (χ2v) is 6.47. The van der Waals surface area contributed by atoms with E-state index in [4.69, 9.17) is 0 Å². The van der Waals surface area contributed by atoms with E-state index in [0.29, 0.717) is 5.56 Å². The molecule has 1 saturated heterocycles. The van der Waals surface area contributed by atoms with E-state index in [-0.39, 0.29) is 5.91 Å². The zero-order valence-corrected chi connectivity index (χ0v) is 14.3. The van der Waals surface area contributed by atoms with Gasteiger partial charge in [-0.25, -0.2) is 0 Å². The Morgan fingerprint density at radius 1 is 1.26 bits per heavy atom. The maximum Gasteiger partial charge on any atom is 0.253 e. The van der Waals surface area contributed by atoms with Gasteiger partial charge in [-0.15, -0.1) is 0 Å². The molecule has 0 bridgehead atoms. The number of nitrogens with zero attached hydrogens (tertiary/aromatic N) is 2. The Morgan fingerprint density at radius 3 is 2.74 bits per heavy atom. The number of rotatable bonds is 2. The molecule has 1 N–H and O–H groups in total. The summed E-state index contributed by atoms with van der Waals surface area (Å²) in [6.45, 7) is 10.0. The van der Waals surface area contributed by atoms with Crippen molar-refractivity contribution in [3.8, 4) is 11.8 Å². The summed E-state index contributed by atoms with van der Waals surface area (Å²) in [6, 6.07) is 7.35. The first-order valence-electron chi connectivity index (χ1n) is 8.26. The van der Waals surface area contributed by atoms with Gasteiger partial charge < -0.3 is 14.9 Å². The summed E-state index contributed by atoms with van der Waals surface area (Å²) in [7, 11) is 0. The Morgan fingerprint density at radius 2 is 2.04 bits per heavy atom. The van der Waals surface area contributed by atoms with E-state index in [1.54, 1.807) is 13.8 Å². The van der Waals surface area contributed by atoms with Gasteiger partial charge in [0, 0.05) is 30.8 Å². The Hall–Kier alpha value is -1.83. The van der Waals surface area contributed by atoms with E-state index in [1.807, 2.05) is 29.2 Å². The molecule has 1 amide bonds. The van der Waals surface area contributed by atoms with Crippen molar-refractivity contribution in [2.75, 3.05) is 32.7 Å². The number of benzene rings is 1. The Kier molecular flexibility index (Phi) is 5.81. The van der Waals surface area contributed by atoms with Crippen molar-refractivity contribution in [3.63, 3.8) is 0 Å². The van der Waals surface area contributed by atoms with Crippen LogP contribution in [0.5, 0.6) is 0 Å². The summed E-state index contributed by atoms with van der Waals surface area (Å²) >= 11 is 0. The van der Waals surface area contributed by atoms with Gasteiger partial charge in [0.25, 0.3) is 5.91 Å². The molecule has 1 fully saturated rings. The molecule has 0 aliphatic carbocycles. The number of aliphatic hydroxyl groups is 1. The highest BCUT2D eigenvalue weighted by molar-refractivity contribution is 5.94. The topological polar surface area (TPSA) is 43.8 Å². The molecule has 0 radical (unpaired) electrons. The van der Waals surface area contributed by atoms with Crippen molar-refractivity contribution in [2.45, 2.75) is 32.8 Å². The van der Waals surface area contributed by atoms with Crippen LogP contribution in [0, 0.1) is 11.8 Å². The molecule has 124 valence electrons. The van der Waals surface area contributed by atoms with Crippen molar-refractivity contribution in [1.29, 1.82) is 0 Å². The fraction of sp³-hybridized carbons (Fsp3) is 0.526. The predicted octanol–water partition coefficient (Wildman–Crippen LogP) is 1.98. The number of hydrogen-bond donors (Lipinski definition) is 1. The van der Waals surface area contributed by atoms with E-state index in [1.165, 1.54) is 0 Å². The molecule has 1 aliphatic rings. The maximum absolute atomic E-state index is 12.7. The van der Waals surface area contributed by atoms with E-state index in [0.717, 1.165) is 44.7 Å². The summed E-state index contributed by atoms with van der Waals surface area (Å²) < 4.78 is 0. The average Bonchev–Trinajstić information content (AvgIpc) is 2.77. The fourth-order valence-electron chi connectivity index (χ4n) is 2.63. The van der Waals surface area contributed by atoms with Crippen LogP contribution in [0.3, 0.4) is 0 Å². The summed E-state index contributed by atoms with van der Waals surface area (Å²) in [5, 5.41) is 9.69. The van der Waals surface area contributed by atoms with Crippen molar-refractivity contribution < 1.29 is 9.90 Å². The minimum atomic E-state index is -1.03. The molecule has 0 spiro atoms. The van der Waals surface area contributed by atoms with Crippen molar-refractivity contribution >= 4 is 5.91 Å². The number of amides is 1. The largest absolute Gasteiger partial charge is 0.378 e. The Labute approximate surface area is 139 Å². The fourth-order valence-corrected chi connectivity index (χ4v) is 2.63. The lowest BCUT2D eigenvalue weighted by Gasteiger charge is -2.21. The summed E-state index contributed by atoms with van der Waals surface area (Å²) in [5.74, 6) is 5.78. The molecule has 4 heteroatoms. The molecule has 0 saturated carbocycles. The molecule has 2 rings (SSSR count). The second kappa shape index (κ2) is 7.63. The van der Waals surface area contributed by atoms with Crippen LogP contribution in [0.1, 0.15) is 43.1 Å². The van der Waals surface area contributed by atoms with Crippen LogP contribution in [-0.4, -0.2) is 59.1 Å². The van der Waals surface area contributed by atoms with E-state index in [9.17, 15) is 9.90 Å². The lowest BCUT2D eigenvalue weighted by molar-refractivity contribution is 0.0761. The molecule has 0 aromatic heterocycles. The van der Waals surface area contributed by atoms with Gasteiger partial charge in [0.2, 0.25) is 0 Å². The van der Waals surface area contributed by atoms with Gasteiger partial charge in [0.1, 0.15) is 5.60 Å². The van der Waals surface area contributed by atoms with Crippen LogP contribution < -0.4 is 0 Å². The third-order valence-corrected chi connectivity index (χ3v) is 3.95. The highest BCUT2D eigenvalue weighted by atomic mass is 16.3. The summed E-state index contributed by atoms with van der Waals surface area (Å²) in [5.41, 5.74) is 0.384. The van der Waals surface area contributed by atoms with E-state index >= 15 is 0 Å². The van der Waals surface area contributed by atoms with E-state index in [2.05, 4.69) is 23.7 Å². The number of carbonyl (C=O) groups excluding carboxylic acids is 1. The molecular weight excluding hydrogens is 288 g/mol. The van der Waals surface area contributed by atoms with Crippen LogP contribution in [-0.2, 0) is 0 Å². The lowest BCUT2D eigenvalue weighted by atomic mass is 10.1. The number of likely N-dealkylation sites (N-methyl/N-ethyl adjacent to an activating group) is 1. The smallest absolute Gasteiger partial charge is 0.253 e. The molecule has 4 nitrogen and oxygen atoms in total. The standard InChI is InChI=1S/C19H26N2O2/c1-4-20-11-6-12-21(14-13-20)18(22)17-8-5-7-16(15-17)9-10-19(2,3)23/h5,7-8,15,23H,4,6,11-14H2,1-3H3. The van der Waals surface area contributed by atoms with Crippen LogP contribution in [0.4, 0.5) is 0 Å². The van der Waals surface area contributed by atoms with Crippen LogP contribution in [0.2, 0.25) is 0 Å². The quantitative estimate of drug-likeness (QED) is 0.849. The zero-order valence-electron chi connectivity index (χ0n) is 14.3. The molecule has 1 heterocycles. The maximum atomic E-state index is 12.7. The van der Waals surface area contributed by atoms with Gasteiger partial charge in [-0.05, 0) is 51.6 Å². The van der Waals surface area contributed by atoms with Crippen LogP contribution in [0.15, 0.2) is 24.3 Å². The highest BCUT2D eigenvalue weighted by Crippen LogP contribution is 2.11. The van der Waals surface area contributed by atoms with Crippen LogP contribution in [0.25, 0.3) is 0 Å². The van der Waals surface area contributed by atoms with E-state index < -0.39 is 5.60 Å². The van der Waals surface area contributed by atoms with Gasteiger partial charge in [0.15, 0.2) is 0 Å². The molecular formula is C19H26N2O2. The van der Waals surface area contributed by atoms with Gasteiger partial charge >= 0.3 is 0 Å². The van der Waals surface area contributed by atoms with Crippen molar-refractivity contribution in [2.24, 2.45) is 0 Å². The van der Waals surface area contributed by atoms with Crippen molar-refractivity contribution in [1.82, 2.24) is 9.80 Å². The van der Waals surface area contributed by atoms with Crippen LogP contribution >= 0.6 is 0 Å². The Balaban J connectivity index is 2.11. The van der Waals surface area contributed by atoms with Gasteiger partial charge in [-0.2, -0.15) is 0 Å². The first-order valence-corrected chi connectivity index (χ1v) is 8.26. The molecule has 0 atom stereocenters. The van der Waals surface area contributed by atoms with Gasteiger partial charge in [0.05, 0.1) is 0 Å². The molecule has 1 aromatic rings. The molecule has 0 unspecified atom stereocenters. The minimum Gasteiger partial charge on any atom is -0.378 e. The van der Waals surface area contributed by atoms with Gasteiger partial charge in [-0.1, -0.05) is 24.8 Å². The highest BCUT2D eigenvalue weighted by Gasteiger charge is 2.19. The zero-order chi connectivity index (χ0) is 16.9. The second-order valence-electron chi connectivity index (χ2n) is 6.47. The third kappa shape index (κ3) is 5.38.